The van der Waals surface area contributed by atoms with Gasteiger partial charge in [0.2, 0.25) is 0 Å². The van der Waals surface area contributed by atoms with Gasteiger partial charge in [-0.3, -0.25) is 0 Å². The van der Waals surface area contributed by atoms with E-state index in [0.717, 1.165) is 41.5 Å². The number of ether oxygens (including phenoxy) is 2. The molecular formula is C36H29NO4. The van der Waals surface area contributed by atoms with Crippen molar-refractivity contribution in [3.63, 3.8) is 0 Å². The van der Waals surface area contributed by atoms with E-state index in [1.54, 1.807) is 19.1 Å². The summed E-state index contributed by atoms with van der Waals surface area (Å²) in [5.74, 6) is -0.457. The topological polar surface area (TPSA) is 55.8 Å². The average Bonchev–Trinajstić information content (AvgIpc) is 3.00. The van der Waals surface area contributed by atoms with E-state index in [-0.39, 0.29) is 6.61 Å². The van der Waals surface area contributed by atoms with Crippen molar-refractivity contribution < 1.29 is 19.1 Å². The number of nitrogens with zero attached hydrogens (tertiary/aromatic N) is 1. The van der Waals surface area contributed by atoms with Crippen molar-refractivity contribution >= 4 is 51.4 Å². The van der Waals surface area contributed by atoms with Crippen LogP contribution in [0, 0.1) is 0 Å². The molecule has 0 fully saturated rings. The van der Waals surface area contributed by atoms with Gasteiger partial charge < -0.3 is 14.4 Å². The standard InChI is InChI=1S/C36H29NO4/c1-4-33(38)40-22-24-8-14-28(15-9-24)37(29-16-18-30(19-17-29)41-36(39)23(2)3)32-21-13-27-11-10-25-6-5-7-26-12-20-31(32)35(27)34(25)26/h4-6,8-19,21H,1-2,7,20,22H2,3H3. The Morgan fingerprint density at radius 1 is 0.927 bits per heavy atom. The highest BCUT2D eigenvalue weighted by Gasteiger charge is 2.25. The first kappa shape index (κ1) is 26.1. The second-order valence-corrected chi connectivity index (χ2v) is 10.2. The second kappa shape index (κ2) is 10.8. The fourth-order valence-corrected chi connectivity index (χ4v) is 5.46. The zero-order valence-corrected chi connectivity index (χ0v) is 22.9. The van der Waals surface area contributed by atoms with Crippen LogP contribution in [0.25, 0.3) is 22.4 Å². The molecule has 6 rings (SSSR count). The summed E-state index contributed by atoms with van der Waals surface area (Å²) in [5, 5.41) is 2.52. The molecule has 0 spiro atoms. The van der Waals surface area contributed by atoms with Crippen LogP contribution >= 0.6 is 0 Å². The summed E-state index contributed by atoms with van der Waals surface area (Å²) < 4.78 is 10.7. The van der Waals surface area contributed by atoms with Crippen LogP contribution in [0.5, 0.6) is 5.75 Å². The van der Waals surface area contributed by atoms with Gasteiger partial charge in [0.25, 0.3) is 0 Å². The van der Waals surface area contributed by atoms with Gasteiger partial charge in [-0.1, -0.05) is 61.7 Å². The fraction of sp³-hybridized carbons (Fsp3) is 0.111. The summed E-state index contributed by atoms with van der Waals surface area (Å²) in [5.41, 5.74) is 9.39. The van der Waals surface area contributed by atoms with Crippen molar-refractivity contribution in [2.24, 2.45) is 0 Å². The Hall–Kier alpha value is -5.16. The molecule has 0 saturated heterocycles. The Labute approximate surface area is 239 Å². The van der Waals surface area contributed by atoms with E-state index in [0.29, 0.717) is 11.3 Å². The maximum atomic E-state index is 12.1. The molecular weight excluding hydrogens is 510 g/mol. The number of rotatable bonds is 8. The van der Waals surface area contributed by atoms with E-state index in [4.69, 9.17) is 9.47 Å². The molecule has 0 atom stereocenters. The predicted molar refractivity (Wildman–Crippen MR) is 164 cm³/mol. The maximum absolute atomic E-state index is 12.1. The van der Waals surface area contributed by atoms with Crippen LogP contribution in [0.15, 0.2) is 110 Å². The number of benzene rings is 4. The Morgan fingerprint density at radius 2 is 1.63 bits per heavy atom. The molecule has 0 heterocycles. The molecule has 0 radical (unpaired) electrons. The summed E-state index contributed by atoms with van der Waals surface area (Å²) in [6.45, 7) is 8.91. The highest BCUT2D eigenvalue weighted by atomic mass is 16.5. The Balaban J connectivity index is 1.46. The van der Waals surface area contributed by atoms with E-state index in [1.807, 2.05) is 36.4 Å². The Morgan fingerprint density at radius 3 is 2.34 bits per heavy atom. The summed E-state index contributed by atoms with van der Waals surface area (Å²) in [4.78, 5) is 25.8. The molecule has 2 aliphatic rings. The second-order valence-electron chi connectivity index (χ2n) is 10.2. The summed E-state index contributed by atoms with van der Waals surface area (Å²) in [7, 11) is 0. The van der Waals surface area contributed by atoms with Crippen LogP contribution in [0.2, 0.25) is 0 Å². The van der Waals surface area contributed by atoms with Crippen LogP contribution in [-0.4, -0.2) is 11.9 Å². The minimum Gasteiger partial charge on any atom is -0.458 e. The first-order valence-corrected chi connectivity index (χ1v) is 13.5. The van der Waals surface area contributed by atoms with Gasteiger partial charge in [-0.15, -0.1) is 0 Å². The third-order valence-corrected chi connectivity index (χ3v) is 7.45. The lowest BCUT2D eigenvalue weighted by Gasteiger charge is -2.31. The van der Waals surface area contributed by atoms with Crippen LogP contribution in [0.1, 0.15) is 35.6 Å². The third kappa shape index (κ3) is 4.98. The van der Waals surface area contributed by atoms with Gasteiger partial charge in [0.15, 0.2) is 0 Å². The highest BCUT2D eigenvalue weighted by molar-refractivity contribution is 6.05. The van der Waals surface area contributed by atoms with Crippen LogP contribution in [0.4, 0.5) is 17.1 Å². The van der Waals surface area contributed by atoms with Gasteiger partial charge in [-0.05, 0) is 101 Å². The molecule has 0 amide bonds. The lowest BCUT2D eigenvalue weighted by atomic mass is 9.81. The van der Waals surface area contributed by atoms with Crippen molar-refractivity contribution in [1.82, 2.24) is 0 Å². The molecule has 5 nitrogen and oxygen atoms in total. The molecule has 4 aromatic rings. The normalized spacial score (nSPS) is 12.9. The molecule has 0 aliphatic heterocycles. The van der Waals surface area contributed by atoms with Crippen molar-refractivity contribution in [2.45, 2.75) is 26.4 Å². The van der Waals surface area contributed by atoms with E-state index < -0.39 is 11.9 Å². The van der Waals surface area contributed by atoms with Crippen LogP contribution in [0.3, 0.4) is 0 Å². The monoisotopic (exact) mass is 539 g/mol. The van der Waals surface area contributed by atoms with Gasteiger partial charge in [0.05, 0.1) is 5.69 Å². The fourth-order valence-electron chi connectivity index (χ4n) is 5.46. The van der Waals surface area contributed by atoms with Crippen LogP contribution in [-0.2, 0) is 27.4 Å². The number of allylic oxidation sites excluding steroid dienone is 3. The zero-order valence-electron chi connectivity index (χ0n) is 22.9. The van der Waals surface area contributed by atoms with Crippen molar-refractivity contribution in [1.29, 1.82) is 0 Å². The summed E-state index contributed by atoms with van der Waals surface area (Å²) in [6, 6.07) is 24.2. The lowest BCUT2D eigenvalue weighted by molar-refractivity contribution is -0.139. The molecule has 0 N–H and O–H groups in total. The number of hydrogen-bond acceptors (Lipinski definition) is 5. The lowest BCUT2D eigenvalue weighted by Crippen LogP contribution is -2.14. The number of carbonyl (C=O) groups is 2. The maximum Gasteiger partial charge on any atom is 0.338 e. The number of anilines is 3. The molecule has 41 heavy (non-hydrogen) atoms. The van der Waals surface area contributed by atoms with Gasteiger partial charge in [0.1, 0.15) is 12.4 Å². The Kier molecular flexibility index (Phi) is 6.86. The SMILES string of the molecule is C=CC(=O)OCc1ccc(N(c2ccc(OC(=O)C(=C)C)cc2)c2ccc3ccc4c5c3c2CC=C5CC=C4)cc1. The minimum absolute atomic E-state index is 0.169. The quantitative estimate of drug-likeness (QED) is 0.128. The van der Waals surface area contributed by atoms with Gasteiger partial charge in [0, 0.05) is 23.0 Å². The van der Waals surface area contributed by atoms with Crippen molar-refractivity contribution in [3.8, 4) is 5.75 Å². The predicted octanol–water partition coefficient (Wildman–Crippen LogP) is 8.38. The summed E-state index contributed by atoms with van der Waals surface area (Å²) in [6.07, 6.45) is 9.73. The molecule has 202 valence electrons. The summed E-state index contributed by atoms with van der Waals surface area (Å²) >= 11 is 0. The molecule has 5 heteroatoms. The molecule has 2 aliphatic carbocycles. The third-order valence-electron chi connectivity index (χ3n) is 7.45. The average molecular weight is 540 g/mol. The van der Waals surface area contributed by atoms with Crippen molar-refractivity contribution in [3.05, 3.63) is 132 Å². The first-order chi connectivity index (χ1) is 19.9. The van der Waals surface area contributed by atoms with E-state index >= 15 is 0 Å². The smallest absolute Gasteiger partial charge is 0.338 e. The van der Waals surface area contributed by atoms with Crippen molar-refractivity contribution in [2.75, 3.05) is 4.90 Å². The Bertz CT molecular complexity index is 1780. The van der Waals surface area contributed by atoms with E-state index in [2.05, 4.69) is 60.6 Å². The number of carbonyl (C=O) groups excluding carboxylic acids is 2. The number of hydrogen-bond donors (Lipinski definition) is 0. The minimum atomic E-state index is -0.456. The molecule has 0 saturated carbocycles. The first-order valence-electron chi connectivity index (χ1n) is 13.5. The van der Waals surface area contributed by atoms with Gasteiger partial charge >= 0.3 is 11.9 Å². The van der Waals surface area contributed by atoms with E-state index in [1.165, 1.54) is 33.0 Å². The zero-order chi connectivity index (χ0) is 28.5. The van der Waals surface area contributed by atoms with E-state index in [9.17, 15) is 9.59 Å². The van der Waals surface area contributed by atoms with Gasteiger partial charge in [-0.25, -0.2) is 9.59 Å². The molecule has 4 aromatic carbocycles. The van der Waals surface area contributed by atoms with Gasteiger partial charge in [-0.2, -0.15) is 0 Å². The molecule has 0 unspecified atom stereocenters. The highest BCUT2D eigenvalue weighted by Crippen LogP contribution is 2.46. The number of esters is 2. The van der Waals surface area contributed by atoms with Crippen LogP contribution < -0.4 is 9.64 Å². The molecule has 0 bridgehead atoms. The molecule has 0 aromatic heterocycles. The largest absolute Gasteiger partial charge is 0.458 e.